The first-order chi connectivity index (χ1) is 4.86. The van der Waals surface area contributed by atoms with Crippen molar-refractivity contribution in [1.82, 2.24) is 0 Å². The third-order valence-electron chi connectivity index (χ3n) is 1.39. The summed E-state index contributed by atoms with van der Waals surface area (Å²) in [5.41, 5.74) is 1.71. The Hall–Kier alpha value is -0.207. The predicted octanol–water partition coefficient (Wildman–Crippen LogP) is 2.92. The molecule has 1 aliphatic rings. The molecule has 2 rings (SSSR count). The largest absolute Gasteiger partial charge is 2.00 e. The smallest absolute Gasteiger partial charge is 0.690 e. The maximum absolute atomic E-state index is 4.15. The number of para-hydroxylation sites is 2. The van der Waals surface area contributed by atoms with E-state index in [2.05, 4.69) is 23.3 Å². The van der Waals surface area contributed by atoms with Crippen molar-refractivity contribution in [2.45, 2.75) is 5.50 Å². The molecule has 2 nitrogen and oxygen atoms in total. The maximum Gasteiger partial charge on any atom is 2.00 e. The summed E-state index contributed by atoms with van der Waals surface area (Å²) in [7, 11) is 0. The van der Waals surface area contributed by atoms with Gasteiger partial charge in [0, 0.05) is 0 Å². The Kier molecular flexibility index (Phi) is 2.80. The van der Waals surface area contributed by atoms with Crippen molar-refractivity contribution in [1.29, 1.82) is 0 Å². The molecule has 52 valence electrons. The second kappa shape index (κ2) is 3.46. The van der Waals surface area contributed by atoms with Crippen molar-refractivity contribution < 1.29 is 19.5 Å². The van der Waals surface area contributed by atoms with Gasteiger partial charge in [0.15, 0.2) is 0 Å². The number of hydrogen-bond acceptors (Lipinski definition) is 1. The van der Waals surface area contributed by atoms with Gasteiger partial charge in [-0.3, -0.25) is 0 Å². The van der Waals surface area contributed by atoms with Gasteiger partial charge in [-0.15, -0.1) is 0 Å². The molecule has 1 aromatic carbocycles. The monoisotopic (exact) mass is 214 g/mol. The molecule has 0 aliphatic carbocycles. The Bertz CT molecular complexity index is 229. The van der Waals surface area contributed by atoms with Crippen molar-refractivity contribution in [3.8, 4) is 0 Å². The molecule has 0 fully saturated rings. The summed E-state index contributed by atoms with van der Waals surface area (Å²) < 4.78 is 0. The average molecular weight is 216 g/mol. The van der Waals surface area contributed by atoms with Crippen molar-refractivity contribution >= 4 is 24.0 Å². The SMILES string of the molecule is SC1[N-]c2ccccc2[N-]1.[Zn+2]. The summed E-state index contributed by atoms with van der Waals surface area (Å²) in [6, 6.07) is 7.78. The molecule has 1 heterocycles. The minimum Gasteiger partial charge on any atom is -0.690 e. The molecule has 0 radical (unpaired) electrons. The normalized spacial score (nSPS) is 14.3. The van der Waals surface area contributed by atoms with Crippen LogP contribution in [0.2, 0.25) is 0 Å². The van der Waals surface area contributed by atoms with Gasteiger partial charge in [-0.2, -0.15) is 16.9 Å². The van der Waals surface area contributed by atoms with E-state index in [1.165, 1.54) is 0 Å². The van der Waals surface area contributed by atoms with Crippen LogP contribution in [0.5, 0.6) is 0 Å². The van der Waals surface area contributed by atoms with Gasteiger partial charge in [0.05, 0.1) is 0 Å². The Balaban J connectivity index is 0.000000605. The first kappa shape index (κ1) is 8.89. The second-order valence-electron chi connectivity index (χ2n) is 2.09. The van der Waals surface area contributed by atoms with Gasteiger partial charge in [-0.05, 0) is 0 Å². The van der Waals surface area contributed by atoms with Crippen LogP contribution in [0.1, 0.15) is 0 Å². The third kappa shape index (κ3) is 1.68. The van der Waals surface area contributed by atoms with Gasteiger partial charge in [0.1, 0.15) is 0 Å². The van der Waals surface area contributed by atoms with E-state index in [1.807, 2.05) is 24.3 Å². The van der Waals surface area contributed by atoms with Crippen LogP contribution in [0.25, 0.3) is 10.6 Å². The summed E-state index contributed by atoms with van der Waals surface area (Å²) >= 11 is 4.10. The van der Waals surface area contributed by atoms with Gasteiger partial charge >= 0.3 is 19.5 Å². The summed E-state index contributed by atoms with van der Waals surface area (Å²) in [5.74, 6) is 0. The molecule has 0 atom stereocenters. The van der Waals surface area contributed by atoms with E-state index in [0.717, 1.165) is 11.4 Å². The number of hydrogen-bond donors (Lipinski definition) is 1. The Morgan fingerprint density at radius 1 is 1.09 bits per heavy atom. The van der Waals surface area contributed by atoms with E-state index >= 15 is 0 Å². The van der Waals surface area contributed by atoms with Gasteiger partial charge in [-0.1, -0.05) is 24.3 Å². The van der Waals surface area contributed by atoms with Gasteiger partial charge < -0.3 is 10.6 Å². The van der Waals surface area contributed by atoms with Crippen LogP contribution in [-0.2, 0) is 19.5 Å². The number of nitrogens with zero attached hydrogens (tertiary/aromatic N) is 2. The molecule has 0 bridgehead atoms. The number of rotatable bonds is 0. The summed E-state index contributed by atoms with van der Waals surface area (Å²) in [5, 5.41) is 8.30. The minimum absolute atomic E-state index is 0. The molecular formula is C7H6N2SZn. The fourth-order valence-electron chi connectivity index (χ4n) is 0.960. The summed E-state index contributed by atoms with van der Waals surface area (Å²) in [4.78, 5) is 0. The molecule has 0 aromatic heterocycles. The molecule has 4 heteroatoms. The molecule has 0 amide bonds. The van der Waals surface area contributed by atoms with Crippen LogP contribution in [0.15, 0.2) is 24.3 Å². The summed E-state index contributed by atoms with van der Waals surface area (Å²) in [6.07, 6.45) is 0. The first-order valence-corrected chi connectivity index (χ1v) is 3.57. The van der Waals surface area contributed by atoms with Crippen LogP contribution in [0.3, 0.4) is 0 Å². The van der Waals surface area contributed by atoms with Gasteiger partial charge in [-0.25, -0.2) is 12.6 Å². The zero-order valence-electron chi connectivity index (χ0n) is 5.94. The van der Waals surface area contributed by atoms with Gasteiger partial charge in [0.2, 0.25) is 0 Å². The fourth-order valence-corrected chi connectivity index (χ4v) is 1.21. The minimum atomic E-state index is -0.183. The zero-order chi connectivity index (χ0) is 6.97. The Morgan fingerprint density at radius 3 is 2.00 bits per heavy atom. The Labute approximate surface area is 83.9 Å². The maximum atomic E-state index is 4.15. The van der Waals surface area contributed by atoms with E-state index in [1.54, 1.807) is 0 Å². The van der Waals surface area contributed by atoms with Crippen LogP contribution >= 0.6 is 12.6 Å². The molecule has 11 heavy (non-hydrogen) atoms. The number of thiol groups is 1. The molecule has 0 N–H and O–H groups in total. The number of fused-ring (bicyclic) bond motifs is 1. The van der Waals surface area contributed by atoms with Crippen molar-refractivity contribution in [2.24, 2.45) is 0 Å². The molecule has 0 spiro atoms. The molecule has 1 aromatic rings. The molecule has 1 aliphatic heterocycles. The van der Waals surface area contributed by atoms with Crippen molar-refractivity contribution in [3.05, 3.63) is 34.9 Å². The zero-order valence-corrected chi connectivity index (χ0v) is 9.80. The van der Waals surface area contributed by atoms with E-state index in [9.17, 15) is 0 Å². The topological polar surface area (TPSA) is 28.2 Å². The van der Waals surface area contributed by atoms with E-state index < -0.39 is 0 Å². The van der Waals surface area contributed by atoms with Crippen LogP contribution in [0.4, 0.5) is 11.4 Å². The molecule has 0 saturated carbocycles. The van der Waals surface area contributed by atoms with Gasteiger partial charge in [0.25, 0.3) is 0 Å². The average Bonchev–Trinajstić information content (AvgIpc) is 2.27. The van der Waals surface area contributed by atoms with Crippen LogP contribution in [0, 0.1) is 0 Å². The quantitative estimate of drug-likeness (QED) is 0.509. The first-order valence-electron chi connectivity index (χ1n) is 3.05. The molecule has 0 unspecified atom stereocenters. The van der Waals surface area contributed by atoms with Crippen LogP contribution < -0.4 is 0 Å². The van der Waals surface area contributed by atoms with Crippen molar-refractivity contribution in [2.75, 3.05) is 0 Å². The van der Waals surface area contributed by atoms with Crippen LogP contribution in [-0.4, -0.2) is 5.50 Å². The molecule has 0 saturated heterocycles. The predicted molar refractivity (Wildman–Crippen MR) is 45.3 cm³/mol. The second-order valence-corrected chi connectivity index (χ2v) is 2.56. The molecular weight excluding hydrogens is 210 g/mol. The third-order valence-corrected chi connectivity index (χ3v) is 1.62. The Morgan fingerprint density at radius 2 is 1.55 bits per heavy atom. The van der Waals surface area contributed by atoms with E-state index in [4.69, 9.17) is 0 Å². The van der Waals surface area contributed by atoms with Crippen molar-refractivity contribution in [3.63, 3.8) is 0 Å². The van der Waals surface area contributed by atoms with E-state index in [0.29, 0.717) is 0 Å². The standard InChI is InChI=1S/C7H6N2S.Zn/c10-7-8-5-3-1-2-4-6(5)9-7;/h1-4,7,10H;/q-2;+2. The summed E-state index contributed by atoms with van der Waals surface area (Å²) in [6.45, 7) is 0. The number of benzene rings is 1. The fraction of sp³-hybridized carbons (Fsp3) is 0.143. The van der Waals surface area contributed by atoms with E-state index in [-0.39, 0.29) is 25.0 Å².